The minimum Gasteiger partial charge on any atom is -0.329 e. The molecule has 1 saturated heterocycles. The monoisotopic (exact) mass is 430 g/mol. The maximum Gasteiger partial charge on any atom is 0.286 e. The average molecular weight is 431 g/mol. The Balaban J connectivity index is 1.51. The van der Waals surface area contributed by atoms with E-state index in [4.69, 9.17) is 11.6 Å². The zero-order valence-corrected chi connectivity index (χ0v) is 16.7. The third-order valence-electron chi connectivity index (χ3n) is 4.62. The van der Waals surface area contributed by atoms with Gasteiger partial charge in [-0.05, 0) is 43.2 Å². The molecule has 3 aromatic rings. The molecule has 148 valence electrons. The Morgan fingerprint density at radius 1 is 1.17 bits per heavy atom. The van der Waals surface area contributed by atoms with Crippen molar-refractivity contribution in [2.45, 2.75) is 18.9 Å². The van der Waals surface area contributed by atoms with Crippen LogP contribution in [0, 0.1) is 5.82 Å². The van der Waals surface area contributed by atoms with Crippen LogP contribution in [0.3, 0.4) is 0 Å². The van der Waals surface area contributed by atoms with Crippen LogP contribution < -0.4 is 5.32 Å². The summed E-state index contributed by atoms with van der Waals surface area (Å²) in [5.74, 6) is -1.08. The van der Waals surface area contributed by atoms with Crippen molar-refractivity contribution in [2.24, 2.45) is 0 Å². The van der Waals surface area contributed by atoms with E-state index in [1.807, 2.05) is 0 Å². The van der Waals surface area contributed by atoms with Gasteiger partial charge < -0.3 is 10.2 Å². The second-order valence-corrected chi connectivity index (χ2v) is 7.96. The fourth-order valence-electron chi connectivity index (χ4n) is 3.27. The van der Waals surface area contributed by atoms with Gasteiger partial charge in [0.2, 0.25) is 5.01 Å². The summed E-state index contributed by atoms with van der Waals surface area (Å²) < 4.78 is 13.3. The molecule has 1 atom stereocenters. The molecule has 1 aliphatic heterocycles. The topological polar surface area (TPSA) is 75.2 Å². The molecular weight excluding hydrogens is 415 g/mol. The maximum atomic E-state index is 13.3. The number of nitrogens with zero attached hydrogens (tertiary/aromatic N) is 3. The number of aromatic nitrogens is 2. The third kappa shape index (κ3) is 4.13. The lowest BCUT2D eigenvalue weighted by Crippen LogP contribution is -2.30. The van der Waals surface area contributed by atoms with Crippen LogP contribution >= 0.6 is 22.9 Å². The van der Waals surface area contributed by atoms with Crippen molar-refractivity contribution < 1.29 is 14.0 Å². The number of likely N-dealkylation sites (tertiary alicyclic amines) is 1. The highest BCUT2D eigenvalue weighted by atomic mass is 35.5. The number of benzene rings is 2. The second kappa shape index (κ2) is 8.26. The minimum absolute atomic E-state index is 0.154. The molecule has 0 saturated carbocycles. The zero-order valence-electron chi connectivity index (χ0n) is 15.1. The molecule has 0 unspecified atom stereocenters. The number of hydrogen-bond acceptors (Lipinski definition) is 5. The van der Waals surface area contributed by atoms with Gasteiger partial charge in [-0.25, -0.2) is 4.39 Å². The molecule has 4 rings (SSSR count). The van der Waals surface area contributed by atoms with Gasteiger partial charge in [-0.15, -0.1) is 10.2 Å². The molecule has 0 spiro atoms. The Labute approximate surface area is 175 Å². The van der Waals surface area contributed by atoms with Crippen molar-refractivity contribution in [3.05, 3.63) is 74.9 Å². The molecule has 9 heteroatoms. The van der Waals surface area contributed by atoms with Gasteiger partial charge in [0.1, 0.15) is 10.8 Å². The molecule has 2 heterocycles. The van der Waals surface area contributed by atoms with Crippen molar-refractivity contribution in [2.75, 3.05) is 11.9 Å². The van der Waals surface area contributed by atoms with Crippen LogP contribution in [0.4, 0.5) is 10.1 Å². The first-order valence-electron chi connectivity index (χ1n) is 8.99. The Hall–Kier alpha value is -2.84. The van der Waals surface area contributed by atoms with E-state index in [2.05, 4.69) is 15.5 Å². The van der Waals surface area contributed by atoms with Crippen molar-refractivity contribution in [1.82, 2.24) is 15.1 Å². The van der Waals surface area contributed by atoms with Gasteiger partial charge in [0, 0.05) is 12.2 Å². The lowest BCUT2D eigenvalue weighted by Gasteiger charge is -2.23. The highest BCUT2D eigenvalue weighted by Gasteiger charge is 2.34. The van der Waals surface area contributed by atoms with E-state index in [9.17, 15) is 14.0 Å². The van der Waals surface area contributed by atoms with Crippen molar-refractivity contribution >= 4 is 40.4 Å². The number of halogens is 2. The number of hydrogen-bond donors (Lipinski definition) is 1. The molecule has 0 aliphatic carbocycles. The van der Waals surface area contributed by atoms with Crippen LogP contribution in [0.25, 0.3) is 0 Å². The molecule has 2 amide bonds. The molecular formula is C20H16ClFN4O2S. The summed E-state index contributed by atoms with van der Waals surface area (Å²) in [7, 11) is 0. The lowest BCUT2D eigenvalue weighted by molar-refractivity contribution is 0.0735. The van der Waals surface area contributed by atoms with Crippen LogP contribution in [0.15, 0.2) is 48.5 Å². The fourth-order valence-corrected chi connectivity index (χ4v) is 4.37. The summed E-state index contributed by atoms with van der Waals surface area (Å²) in [5.41, 5.74) is 0.776. The van der Waals surface area contributed by atoms with Gasteiger partial charge in [-0.3, -0.25) is 9.59 Å². The molecule has 2 aromatic carbocycles. The smallest absolute Gasteiger partial charge is 0.286 e. The summed E-state index contributed by atoms with van der Waals surface area (Å²) >= 11 is 7.30. The van der Waals surface area contributed by atoms with Crippen LogP contribution in [-0.4, -0.2) is 33.5 Å². The highest BCUT2D eigenvalue weighted by molar-refractivity contribution is 7.13. The number of rotatable bonds is 4. The molecule has 1 N–H and O–H groups in total. The Morgan fingerprint density at radius 3 is 2.79 bits per heavy atom. The van der Waals surface area contributed by atoms with Crippen LogP contribution in [0.2, 0.25) is 5.02 Å². The summed E-state index contributed by atoms with van der Waals surface area (Å²) in [5, 5.41) is 11.8. The van der Waals surface area contributed by atoms with Gasteiger partial charge in [0.25, 0.3) is 11.8 Å². The van der Waals surface area contributed by atoms with E-state index in [1.165, 1.54) is 18.2 Å². The average Bonchev–Trinajstić information content (AvgIpc) is 3.37. The van der Waals surface area contributed by atoms with Crippen molar-refractivity contribution in [1.29, 1.82) is 0 Å². The van der Waals surface area contributed by atoms with Crippen molar-refractivity contribution in [3.63, 3.8) is 0 Å². The van der Waals surface area contributed by atoms with Crippen LogP contribution in [0.1, 0.15) is 44.1 Å². The van der Waals surface area contributed by atoms with Gasteiger partial charge in [0.05, 0.1) is 16.6 Å². The minimum atomic E-state index is -0.471. The van der Waals surface area contributed by atoms with Crippen LogP contribution in [0.5, 0.6) is 0 Å². The quantitative estimate of drug-likeness (QED) is 0.658. The summed E-state index contributed by atoms with van der Waals surface area (Å²) in [6.07, 6.45) is 1.56. The molecule has 0 bridgehead atoms. The van der Waals surface area contributed by atoms with E-state index in [-0.39, 0.29) is 17.0 Å². The number of carbonyl (C=O) groups excluding carboxylic acids is 2. The van der Waals surface area contributed by atoms with E-state index in [0.717, 1.165) is 24.2 Å². The Bertz CT molecular complexity index is 1070. The SMILES string of the molecule is O=C(Nc1cccc(F)c1)c1nnc([C@H]2CCCN2C(=O)c2ccccc2Cl)s1. The second-order valence-electron chi connectivity index (χ2n) is 6.55. The zero-order chi connectivity index (χ0) is 20.4. The predicted molar refractivity (Wildman–Crippen MR) is 109 cm³/mol. The standard InChI is InChI=1S/C20H16ClFN4O2S/c21-15-8-2-1-7-14(15)20(28)26-10-4-9-16(26)18-24-25-19(29-18)17(27)23-13-6-3-5-12(22)11-13/h1-3,5-8,11,16H,4,9-10H2,(H,23,27)/t16-/m1/s1. The fraction of sp³-hybridized carbons (Fsp3) is 0.200. The molecule has 29 heavy (non-hydrogen) atoms. The summed E-state index contributed by atoms with van der Waals surface area (Å²) in [6.45, 7) is 0.582. The van der Waals surface area contributed by atoms with Gasteiger partial charge in [0.15, 0.2) is 0 Å². The largest absolute Gasteiger partial charge is 0.329 e. The number of nitrogens with one attached hydrogen (secondary N) is 1. The molecule has 1 aromatic heterocycles. The Morgan fingerprint density at radius 2 is 2.00 bits per heavy atom. The normalized spacial score (nSPS) is 16.1. The lowest BCUT2D eigenvalue weighted by atomic mass is 10.1. The number of anilines is 1. The Kier molecular flexibility index (Phi) is 5.55. The molecule has 1 fully saturated rings. The third-order valence-corrected chi connectivity index (χ3v) is 5.97. The van der Waals surface area contributed by atoms with E-state index < -0.39 is 11.7 Å². The highest BCUT2D eigenvalue weighted by Crippen LogP contribution is 2.35. The van der Waals surface area contributed by atoms with E-state index >= 15 is 0 Å². The first kappa shape index (κ1) is 19.5. The summed E-state index contributed by atoms with van der Waals surface area (Å²) in [6, 6.07) is 12.3. The summed E-state index contributed by atoms with van der Waals surface area (Å²) in [4.78, 5) is 27.1. The maximum absolute atomic E-state index is 13.3. The van der Waals surface area contributed by atoms with Gasteiger partial charge in [-0.1, -0.05) is 41.1 Å². The molecule has 1 aliphatic rings. The van der Waals surface area contributed by atoms with Crippen LogP contribution in [-0.2, 0) is 0 Å². The molecule has 0 radical (unpaired) electrons. The van der Waals surface area contributed by atoms with E-state index in [0.29, 0.717) is 27.8 Å². The number of amides is 2. The molecule has 6 nitrogen and oxygen atoms in total. The first-order chi connectivity index (χ1) is 14.0. The number of carbonyl (C=O) groups is 2. The van der Waals surface area contributed by atoms with Gasteiger partial charge in [-0.2, -0.15) is 0 Å². The van der Waals surface area contributed by atoms with E-state index in [1.54, 1.807) is 35.2 Å². The first-order valence-corrected chi connectivity index (χ1v) is 10.2. The van der Waals surface area contributed by atoms with Gasteiger partial charge >= 0.3 is 0 Å². The predicted octanol–water partition coefficient (Wildman–Crippen LogP) is 4.56. The van der Waals surface area contributed by atoms with Crippen molar-refractivity contribution in [3.8, 4) is 0 Å².